The Morgan fingerprint density at radius 3 is 2.53 bits per heavy atom. The molecule has 0 aliphatic carbocycles. The monoisotopic (exact) mass is 347 g/mol. The molecule has 1 saturated heterocycles. The molecule has 0 aromatic heterocycles. The summed E-state index contributed by atoms with van der Waals surface area (Å²) in [6.45, 7) is 0.893. The van der Waals surface area contributed by atoms with E-state index in [-0.39, 0.29) is 16.9 Å². The minimum absolute atomic E-state index is 0.195. The maximum Gasteiger partial charge on any atom is 0.150 e. The van der Waals surface area contributed by atoms with Gasteiger partial charge >= 0.3 is 0 Å². The van der Waals surface area contributed by atoms with Crippen molar-refractivity contribution in [3.05, 3.63) is 28.7 Å². The first kappa shape index (κ1) is 14.8. The molecule has 106 valence electrons. The Kier molecular flexibility index (Phi) is 4.53. The van der Waals surface area contributed by atoms with Gasteiger partial charge in [0.25, 0.3) is 0 Å². The second-order valence-corrected chi connectivity index (χ2v) is 8.20. The fourth-order valence-electron chi connectivity index (χ4n) is 2.36. The maximum absolute atomic E-state index is 11.6. The topological polar surface area (TPSA) is 69.4 Å². The molecule has 19 heavy (non-hydrogen) atoms. The number of hydrogen-bond donors (Lipinski definition) is 1. The Labute approximate surface area is 122 Å². The molecular formula is C13H18BrNO3S. The second kappa shape index (κ2) is 5.81. The molecule has 1 aliphatic rings. The van der Waals surface area contributed by atoms with Gasteiger partial charge in [0.2, 0.25) is 0 Å². The van der Waals surface area contributed by atoms with Crippen molar-refractivity contribution >= 4 is 25.8 Å². The van der Waals surface area contributed by atoms with Gasteiger partial charge in [0, 0.05) is 9.89 Å². The van der Waals surface area contributed by atoms with E-state index in [4.69, 9.17) is 10.5 Å². The van der Waals surface area contributed by atoms with Gasteiger partial charge in [-0.05, 0) is 43.7 Å². The summed E-state index contributed by atoms with van der Waals surface area (Å²) in [6, 6.07) is 7.58. The van der Waals surface area contributed by atoms with E-state index in [0.717, 1.165) is 10.2 Å². The van der Waals surface area contributed by atoms with Gasteiger partial charge < -0.3 is 10.5 Å². The predicted octanol–water partition coefficient (Wildman–Crippen LogP) is 1.98. The minimum atomic E-state index is -2.91. The maximum atomic E-state index is 11.6. The van der Waals surface area contributed by atoms with Crippen LogP contribution < -0.4 is 10.5 Å². The first-order valence-electron chi connectivity index (χ1n) is 6.24. The van der Waals surface area contributed by atoms with Crippen LogP contribution in [0.3, 0.4) is 0 Å². The molecule has 1 aliphatic heterocycles. The lowest BCUT2D eigenvalue weighted by Crippen LogP contribution is -2.33. The highest BCUT2D eigenvalue weighted by Crippen LogP contribution is 2.34. The van der Waals surface area contributed by atoms with Crippen molar-refractivity contribution in [3.63, 3.8) is 0 Å². The Balaban J connectivity index is 1.89. The molecule has 2 rings (SSSR count). The van der Waals surface area contributed by atoms with Crippen LogP contribution in [-0.2, 0) is 9.84 Å². The summed E-state index contributed by atoms with van der Waals surface area (Å²) in [5, 5.41) is 0. The van der Waals surface area contributed by atoms with Crippen LogP contribution in [0.25, 0.3) is 0 Å². The molecule has 0 amide bonds. The summed E-state index contributed by atoms with van der Waals surface area (Å²) in [7, 11) is -2.91. The lowest BCUT2D eigenvalue weighted by molar-refractivity contribution is 0.222. The summed E-state index contributed by atoms with van der Waals surface area (Å²) in [4.78, 5) is 0. The highest BCUT2D eigenvalue weighted by Gasteiger charge is 2.40. The van der Waals surface area contributed by atoms with E-state index < -0.39 is 9.84 Å². The van der Waals surface area contributed by atoms with Crippen LogP contribution in [0, 0.1) is 5.41 Å². The quantitative estimate of drug-likeness (QED) is 0.884. The highest BCUT2D eigenvalue weighted by molar-refractivity contribution is 9.10. The minimum Gasteiger partial charge on any atom is -0.494 e. The van der Waals surface area contributed by atoms with Crippen LogP contribution in [0.15, 0.2) is 28.7 Å². The zero-order valence-electron chi connectivity index (χ0n) is 10.6. The van der Waals surface area contributed by atoms with Gasteiger partial charge in [-0.3, -0.25) is 0 Å². The number of nitrogens with two attached hydrogens (primary N) is 1. The molecule has 1 atom stereocenters. The number of sulfone groups is 1. The third-order valence-electron chi connectivity index (χ3n) is 3.62. The van der Waals surface area contributed by atoms with Crippen LogP contribution in [0.2, 0.25) is 0 Å². The van der Waals surface area contributed by atoms with Crippen molar-refractivity contribution in [2.24, 2.45) is 11.1 Å². The molecule has 6 heteroatoms. The predicted molar refractivity (Wildman–Crippen MR) is 79.0 cm³/mol. The molecule has 2 N–H and O–H groups in total. The molecule has 1 aromatic carbocycles. The molecular weight excluding hydrogens is 330 g/mol. The third-order valence-corrected chi connectivity index (χ3v) is 6.02. The zero-order chi connectivity index (χ0) is 13.9. The first-order valence-corrected chi connectivity index (χ1v) is 8.85. The average molecular weight is 348 g/mol. The SMILES string of the molecule is NCC1(CCOc2ccc(Br)cc2)CCS(=O)(=O)C1. The van der Waals surface area contributed by atoms with Gasteiger partial charge in [-0.2, -0.15) is 0 Å². The fraction of sp³-hybridized carbons (Fsp3) is 0.538. The molecule has 0 saturated carbocycles. The van der Waals surface area contributed by atoms with Crippen molar-refractivity contribution in [1.82, 2.24) is 0 Å². The fourth-order valence-corrected chi connectivity index (χ4v) is 4.85. The van der Waals surface area contributed by atoms with Crippen LogP contribution >= 0.6 is 15.9 Å². The largest absolute Gasteiger partial charge is 0.494 e. The standard InChI is InChI=1S/C13H18BrNO3S/c14-11-1-3-12(4-2-11)18-7-5-13(9-15)6-8-19(16,17)10-13/h1-4H,5-10,15H2. The van der Waals surface area contributed by atoms with E-state index in [1.54, 1.807) is 0 Å². The summed E-state index contributed by atoms with van der Waals surface area (Å²) in [6.07, 6.45) is 1.33. The Morgan fingerprint density at radius 1 is 1.32 bits per heavy atom. The van der Waals surface area contributed by atoms with E-state index in [1.165, 1.54) is 0 Å². The molecule has 1 heterocycles. The summed E-state index contributed by atoms with van der Waals surface area (Å²) >= 11 is 3.36. The molecule has 1 unspecified atom stereocenters. The van der Waals surface area contributed by atoms with Crippen molar-refractivity contribution in [1.29, 1.82) is 0 Å². The van der Waals surface area contributed by atoms with Gasteiger partial charge in [-0.25, -0.2) is 8.42 Å². The number of ether oxygens (including phenoxy) is 1. The van der Waals surface area contributed by atoms with Gasteiger partial charge in [0.1, 0.15) is 5.75 Å². The number of benzene rings is 1. The number of rotatable bonds is 5. The van der Waals surface area contributed by atoms with Crippen LogP contribution in [0.1, 0.15) is 12.8 Å². The number of hydrogen-bond acceptors (Lipinski definition) is 4. The van der Waals surface area contributed by atoms with E-state index in [1.807, 2.05) is 24.3 Å². The average Bonchev–Trinajstić information content (AvgIpc) is 2.68. The zero-order valence-corrected chi connectivity index (χ0v) is 13.0. The van der Waals surface area contributed by atoms with Crippen molar-refractivity contribution in [3.8, 4) is 5.75 Å². The van der Waals surface area contributed by atoms with Gasteiger partial charge in [-0.15, -0.1) is 0 Å². The van der Waals surface area contributed by atoms with Crippen molar-refractivity contribution in [2.75, 3.05) is 24.7 Å². The van der Waals surface area contributed by atoms with Crippen molar-refractivity contribution in [2.45, 2.75) is 12.8 Å². The van der Waals surface area contributed by atoms with E-state index in [2.05, 4.69) is 15.9 Å². The lowest BCUT2D eigenvalue weighted by Gasteiger charge is -2.25. The van der Waals surface area contributed by atoms with E-state index >= 15 is 0 Å². The molecule has 1 aromatic rings. The van der Waals surface area contributed by atoms with Crippen molar-refractivity contribution < 1.29 is 13.2 Å². The molecule has 0 radical (unpaired) electrons. The number of halogens is 1. The van der Waals surface area contributed by atoms with Gasteiger partial charge in [0.15, 0.2) is 9.84 Å². The summed E-state index contributed by atoms with van der Waals surface area (Å²) in [5.74, 6) is 1.24. The Morgan fingerprint density at radius 2 is 2.00 bits per heavy atom. The first-order chi connectivity index (χ1) is 8.95. The van der Waals surface area contributed by atoms with Gasteiger partial charge in [-0.1, -0.05) is 15.9 Å². The normalized spacial score (nSPS) is 25.4. The Bertz CT molecular complexity index is 529. The van der Waals surface area contributed by atoms with Crippen LogP contribution in [0.4, 0.5) is 0 Å². The summed E-state index contributed by atoms with van der Waals surface area (Å²) in [5.41, 5.74) is 5.47. The second-order valence-electron chi connectivity index (χ2n) is 5.10. The van der Waals surface area contributed by atoms with E-state index in [0.29, 0.717) is 26.0 Å². The molecule has 0 spiro atoms. The van der Waals surface area contributed by atoms with Gasteiger partial charge in [0.05, 0.1) is 18.1 Å². The molecule has 1 fully saturated rings. The lowest BCUT2D eigenvalue weighted by atomic mass is 9.84. The highest BCUT2D eigenvalue weighted by atomic mass is 79.9. The molecule has 0 bridgehead atoms. The Hall–Kier alpha value is -0.590. The summed E-state index contributed by atoms with van der Waals surface area (Å²) < 4.78 is 29.8. The van der Waals surface area contributed by atoms with E-state index in [9.17, 15) is 8.42 Å². The van der Waals surface area contributed by atoms with Crippen LogP contribution in [0.5, 0.6) is 5.75 Å². The third kappa shape index (κ3) is 3.94. The van der Waals surface area contributed by atoms with Crippen LogP contribution in [-0.4, -0.2) is 33.1 Å². The molecule has 4 nitrogen and oxygen atoms in total. The smallest absolute Gasteiger partial charge is 0.150 e.